The largest absolute Gasteiger partial charge is 0.396 e. The highest BCUT2D eigenvalue weighted by molar-refractivity contribution is 5.82. The molecule has 0 aromatic heterocycles. The van der Waals surface area contributed by atoms with Crippen LogP contribution in [0, 0.1) is 0 Å². The summed E-state index contributed by atoms with van der Waals surface area (Å²) in [5, 5.41) is 12.2. The minimum Gasteiger partial charge on any atom is -0.396 e. The van der Waals surface area contributed by atoms with Crippen LogP contribution in [-0.2, 0) is 4.79 Å². The molecule has 4 heteroatoms. The van der Waals surface area contributed by atoms with Crippen LogP contribution < -0.4 is 5.32 Å². The molecule has 15 heavy (non-hydrogen) atoms. The van der Waals surface area contributed by atoms with E-state index in [1.54, 1.807) is 0 Å². The molecule has 1 heterocycles. The van der Waals surface area contributed by atoms with E-state index in [1.165, 1.54) is 0 Å². The molecule has 1 saturated heterocycles. The van der Waals surface area contributed by atoms with Gasteiger partial charge in [0, 0.05) is 25.2 Å². The van der Waals surface area contributed by atoms with E-state index in [0.29, 0.717) is 12.5 Å². The second-order valence-electron chi connectivity index (χ2n) is 4.55. The quantitative estimate of drug-likeness (QED) is 0.713. The molecular formula is C11H22N2O2. The first-order chi connectivity index (χ1) is 7.06. The molecule has 0 radical (unpaired) electrons. The molecule has 88 valence electrons. The first-order valence-corrected chi connectivity index (χ1v) is 5.73. The molecule has 2 atom stereocenters. The van der Waals surface area contributed by atoms with Gasteiger partial charge in [-0.15, -0.1) is 0 Å². The normalized spacial score (nSPS) is 28.3. The van der Waals surface area contributed by atoms with Crippen LogP contribution in [0.3, 0.4) is 0 Å². The second kappa shape index (κ2) is 5.47. The first kappa shape index (κ1) is 12.5. The van der Waals surface area contributed by atoms with Crippen molar-refractivity contribution >= 4 is 5.91 Å². The molecule has 1 aliphatic rings. The van der Waals surface area contributed by atoms with Gasteiger partial charge in [0.1, 0.15) is 0 Å². The van der Waals surface area contributed by atoms with Crippen LogP contribution in [-0.4, -0.2) is 47.2 Å². The topological polar surface area (TPSA) is 52.6 Å². The van der Waals surface area contributed by atoms with Crippen LogP contribution in [0.1, 0.15) is 33.6 Å². The van der Waals surface area contributed by atoms with Crippen LogP contribution in [0.15, 0.2) is 0 Å². The van der Waals surface area contributed by atoms with Gasteiger partial charge in [0.2, 0.25) is 5.91 Å². The van der Waals surface area contributed by atoms with Crippen molar-refractivity contribution in [2.24, 2.45) is 0 Å². The summed E-state index contributed by atoms with van der Waals surface area (Å²) < 4.78 is 0. The van der Waals surface area contributed by atoms with Gasteiger partial charge in [0.05, 0.1) is 6.04 Å². The van der Waals surface area contributed by atoms with Gasteiger partial charge in [-0.1, -0.05) is 0 Å². The Kier molecular flexibility index (Phi) is 4.54. The van der Waals surface area contributed by atoms with Crippen LogP contribution >= 0.6 is 0 Å². The number of rotatable bonds is 3. The Balaban J connectivity index is 2.72. The molecule has 2 N–H and O–H groups in total. The number of hydrogen-bond donors (Lipinski definition) is 2. The highest BCUT2D eigenvalue weighted by Gasteiger charge is 2.29. The molecule has 0 aliphatic carbocycles. The molecule has 1 fully saturated rings. The Morgan fingerprint density at radius 3 is 2.80 bits per heavy atom. The number of nitrogens with one attached hydrogen (secondary N) is 1. The number of aliphatic hydroxyl groups is 1. The standard InChI is InChI=1S/C11H22N2O2/c1-8(2)13-6-4-9(3)12-10(5-7-14)11(13)15/h8-10,12,14H,4-7H2,1-3H3. The Hall–Kier alpha value is -0.610. The molecule has 1 rings (SSSR count). The van der Waals surface area contributed by atoms with Crippen molar-refractivity contribution in [3.8, 4) is 0 Å². The van der Waals surface area contributed by atoms with Crippen LogP contribution in [0.4, 0.5) is 0 Å². The van der Waals surface area contributed by atoms with Gasteiger partial charge in [-0.2, -0.15) is 0 Å². The summed E-state index contributed by atoms with van der Waals surface area (Å²) in [7, 11) is 0. The van der Waals surface area contributed by atoms with Crippen molar-refractivity contribution in [1.29, 1.82) is 0 Å². The SMILES string of the molecule is CC1CCN(C(C)C)C(=O)C(CCO)N1. The van der Waals surface area contributed by atoms with Gasteiger partial charge < -0.3 is 15.3 Å². The summed E-state index contributed by atoms with van der Waals surface area (Å²) in [5.41, 5.74) is 0. The Labute approximate surface area is 91.6 Å². The lowest BCUT2D eigenvalue weighted by Gasteiger charge is -2.27. The summed E-state index contributed by atoms with van der Waals surface area (Å²) >= 11 is 0. The summed E-state index contributed by atoms with van der Waals surface area (Å²) in [6.45, 7) is 7.02. The predicted octanol–water partition coefficient (Wildman–Crippen LogP) is 0.356. The van der Waals surface area contributed by atoms with E-state index in [4.69, 9.17) is 5.11 Å². The van der Waals surface area contributed by atoms with Crippen LogP contribution in [0.5, 0.6) is 0 Å². The van der Waals surface area contributed by atoms with E-state index < -0.39 is 0 Å². The van der Waals surface area contributed by atoms with Crippen molar-refractivity contribution in [2.45, 2.75) is 51.7 Å². The maximum Gasteiger partial charge on any atom is 0.240 e. The number of nitrogens with zero attached hydrogens (tertiary/aromatic N) is 1. The number of carbonyl (C=O) groups excluding carboxylic acids is 1. The van der Waals surface area contributed by atoms with Gasteiger partial charge in [-0.3, -0.25) is 4.79 Å². The van der Waals surface area contributed by atoms with E-state index in [-0.39, 0.29) is 24.6 Å². The maximum atomic E-state index is 12.1. The second-order valence-corrected chi connectivity index (χ2v) is 4.55. The molecule has 4 nitrogen and oxygen atoms in total. The third kappa shape index (κ3) is 3.18. The fraction of sp³-hybridized carbons (Fsp3) is 0.909. The average molecular weight is 214 g/mol. The Morgan fingerprint density at radius 1 is 1.60 bits per heavy atom. The van der Waals surface area contributed by atoms with Gasteiger partial charge in [-0.05, 0) is 33.6 Å². The van der Waals surface area contributed by atoms with E-state index in [1.807, 2.05) is 18.7 Å². The number of hydrogen-bond acceptors (Lipinski definition) is 3. The van der Waals surface area contributed by atoms with Crippen molar-refractivity contribution in [3.63, 3.8) is 0 Å². The molecule has 1 aliphatic heterocycles. The summed E-state index contributed by atoms with van der Waals surface area (Å²) in [4.78, 5) is 14.0. The van der Waals surface area contributed by atoms with Crippen molar-refractivity contribution in [3.05, 3.63) is 0 Å². The fourth-order valence-corrected chi connectivity index (χ4v) is 1.99. The lowest BCUT2D eigenvalue weighted by molar-refractivity contribution is -0.134. The Bertz CT molecular complexity index is 219. The molecule has 0 spiro atoms. The van der Waals surface area contributed by atoms with Gasteiger partial charge in [-0.25, -0.2) is 0 Å². The lowest BCUT2D eigenvalue weighted by atomic mass is 10.1. The molecule has 0 bridgehead atoms. The Morgan fingerprint density at radius 2 is 2.27 bits per heavy atom. The van der Waals surface area contributed by atoms with E-state index in [9.17, 15) is 4.79 Å². The zero-order chi connectivity index (χ0) is 11.4. The minimum atomic E-state index is -0.213. The molecule has 0 aromatic carbocycles. The summed E-state index contributed by atoms with van der Waals surface area (Å²) in [6.07, 6.45) is 1.48. The third-order valence-corrected chi connectivity index (χ3v) is 2.91. The number of aliphatic hydroxyl groups excluding tert-OH is 1. The third-order valence-electron chi connectivity index (χ3n) is 2.91. The van der Waals surface area contributed by atoms with Crippen LogP contribution in [0.25, 0.3) is 0 Å². The summed E-state index contributed by atoms with van der Waals surface area (Å²) in [5.74, 6) is 0.128. The smallest absolute Gasteiger partial charge is 0.240 e. The van der Waals surface area contributed by atoms with Crippen molar-refractivity contribution in [1.82, 2.24) is 10.2 Å². The van der Waals surface area contributed by atoms with Gasteiger partial charge >= 0.3 is 0 Å². The lowest BCUT2D eigenvalue weighted by Crippen LogP contribution is -2.47. The van der Waals surface area contributed by atoms with Crippen LogP contribution in [0.2, 0.25) is 0 Å². The number of carbonyl (C=O) groups is 1. The highest BCUT2D eigenvalue weighted by Crippen LogP contribution is 2.12. The van der Waals surface area contributed by atoms with Crippen molar-refractivity contribution in [2.75, 3.05) is 13.2 Å². The first-order valence-electron chi connectivity index (χ1n) is 5.73. The highest BCUT2D eigenvalue weighted by atomic mass is 16.3. The van der Waals surface area contributed by atoms with E-state index in [2.05, 4.69) is 12.2 Å². The minimum absolute atomic E-state index is 0.0576. The molecule has 1 amide bonds. The molecule has 0 saturated carbocycles. The molecule has 2 unspecified atom stereocenters. The van der Waals surface area contributed by atoms with Gasteiger partial charge in [0.15, 0.2) is 0 Å². The average Bonchev–Trinajstić information content (AvgIpc) is 2.28. The maximum absolute atomic E-state index is 12.1. The number of amides is 1. The zero-order valence-electron chi connectivity index (χ0n) is 9.86. The monoisotopic (exact) mass is 214 g/mol. The van der Waals surface area contributed by atoms with E-state index >= 15 is 0 Å². The van der Waals surface area contributed by atoms with Gasteiger partial charge in [0.25, 0.3) is 0 Å². The molecule has 0 aromatic rings. The summed E-state index contributed by atoms with van der Waals surface area (Å²) in [6, 6.07) is 0.370. The van der Waals surface area contributed by atoms with Crippen molar-refractivity contribution < 1.29 is 9.90 Å². The van der Waals surface area contributed by atoms with E-state index in [0.717, 1.165) is 13.0 Å². The predicted molar refractivity (Wildman–Crippen MR) is 59.6 cm³/mol. The zero-order valence-corrected chi connectivity index (χ0v) is 9.86. The molecular weight excluding hydrogens is 192 g/mol. The fourth-order valence-electron chi connectivity index (χ4n) is 1.99.